The van der Waals surface area contributed by atoms with Gasteiger partial charge < -0.3 is 25.0 Å². The monoisotopic (exact) mass is 319 g/mol. The number of aliphatic hydroxyl groups excluding tert-OH is 1. The molecule has 1 aromatic rings. The van der Waals surface area contributed by atoms with Crippen LogP contribution in [0.25, 0.3) is 0 Å². The lowest BCUT2D eigenvalue weighted by atomic mass is 10.1. The summed E-state index contributed by atoms with van der Waals surface area (Å²) in [6.45, 7) is 3.65. The fourth-order valence-electron chi connectivity index (χ4n) is 3.25. The smallest absolute Gasteiger partial charge is 0.241 e. The molecule has 2 N–H and O–H groups in total. The standard InChI is InChI=1S/C17H25N3O3/c1-23-15-4-2-13(3-5-15)20-11-8-18-16(12-20)17(22)19-9-6-14(21)7-10-19/h2-5,14,16,18,21H,6-12H2,1H3. The second-order valence-electron chi connectivity index (χ2n) is 6.21. The number of piperazine rings is 1. The van der Waals surface area contributed by atoms with Gasteiger partial charge in [0.1, 0.15) is 11.8 Å². The fourth-order valence-corrected chi connectivity index (χ4v) is 3.25. The lowest BCUT2D eigenvalue weighted by Crippen LogP contribution is -2.59. The number of anilines is 1. The van der Waals surface area contributed by atoms with Crippen molar-refractivity contribution in [3.8, 4) is 5.75 Å². The van der Waals surface area contributed by atoms with Crippen LogP contribution in [-0.2, 0) is 4.79 Å². The first kappa shape index (κ1) is 16.1. The van der Waals surface area contributed by atoms with Gasteiger partial charge in [0.2, 0.25) is 5.91 Å². The first-order chi connectivity index (χ1) is 11.2. The molecule has 1 atom stereocenters. The Morgan fingerprint density at radius 3 is 2.57 bits per heavy atom. The summed E-state index contributed by atoms with van der Waals surface area (Å²) in [7, 11) is 1.66. The minimum absolute atomic E-state index is 0.148. The third kappa shape index (κ3) is 3.76. The summed E-state index contributed by atoms with van der Waals surface area (Å²) in [5.74, 6) is 0.985. The van der Waals surface area contributed by atoms with Crippen molar-refractivity contribution in [1.82, 2.24) is 10.2 Å². The molecule has 0 bridgehead atoms. The molecule has 6 nitrogen and oxygen atoms in total. The molecule has 6 heteroatoms. The highest BCUT2D eigenvalue weighted by Gasteiger charge is 2.31. The van der Waals surface area contributed by atoms with E-state index in [4.69, 9.17) is 4.74 Å². The number of benzene rings is 1. The fraction of sp³-hybridized carbons (Fsp3) is 0.588. The largest absolute Gasteiger partial charge is 0.497 e. The quantitative estimate of drug-likeness (QED) is 0.847. The minimum Gasteiger partial charge on any atom is -0.497 e. The van der Waals surface area contributed by atoms with Gasteiger partial charge in [-0.3, -0.25) is 4.79 Å². The number of piperidine rings is 1. The predicted molar refractivity (Wildman–Crippen MR) is 88.8 cm³/mol. The molecular formula is C17H25N3O3. The zero-order valence-corrected chi connectivity index (χ0v) is 13.6. The molecule has 2 aliphatic heterocycles. The SMILES string of the molecule is COc1ccc(N2CCNC(C(=O)N3CCC(O)CC3)C2)cc1. The van der Waals surface area contributed by atoms with E-state index in [-0.39, 0.29) is 18.1 Å². The average Bonchev–Trinajstić information content (AvgIpc) is 2.62. The normalized spacial score (nSPS) is 23.0. The molecule has 3 rings (SSSR count). The molecule has 0 radical (unpaired) electrons. The molecular weight excluding hydrogens is 294 g/mol. The van der Waals surface area contributed by atoms with Crippen LogP contribution in [0, 0.1) is 0 Å². The van der Waals surface area contributed by atoms with Gasteiger partial charge in [0.25, 0.3) is 0 Å². The number of carbonyl (C=O) groups is 1. The highest BCUT2D eigenvalue weighted by Crippen LogP contribution is 2.21. The Morgan fingerprint density at radius 2 is 1.91 bits per heavy atom. The summed E-state index contributed by atoms with van der Waals surface area (Å²) < 4.78 is 5.19. The molecule has 2 aliphatic rings. The number of rotatable bonds is 3. The number of nitrogens with zero attached hydrogens (tertiary/aromatic N) is 2. The number of methoxy groups -OCH3 is 1. The lowest BCUT2D eigenvalue weighted by molar-refractivity contribution is -0.135. The van der Waals surface area contributed by atoms with Gasteiger partial charge in [0, 0.05) is 38.4 Å². The Kier molecular flexibility index (Phi) is 5.03. The van der Waals surface area contributed by atoms with Crippen molar-refractivity contribution >= 4 is 11.6 Å². The molecule has 2 saturated heterocycles. The molecule has 0 aromatic heterocycles. The summed E-state index contributed by atoms with van der Waals surface area (Å²) in [4.78, 5) is 16.8. The van der Waals surface area contributed by atoms with Crippen LogP contribution in [0.5, 0.6) is 5.75 Å². The van der Waals surface area contributed by atoms with E-state index in [0.717, 1.165) is 24.5 Å². The van der Waals surface area contributed by atoms with Crippen molar-refractivity contribution in [2.24, 2.45) is 0 Å². The van der Waals surface area contributed by atoms with Crippen molar-refractivity contribution in [2.75, 3.05) is 44.7 Å². The Labute approximate surface area is 137 Å². The van der Waals surface area contributed by atoms with Crippen molar-refractivity contribution in [2.45, 2.75) is 25.0 Å². The number of likely N-dealkylation sites (tertiary alicyclic amines) is 1. The number of carbonyl (C=O) groups excluding carboxylic acids is 1. The number of ether oxygens (including phenoxy) is 1. The van der Waals surface area contributed by atoms with E-state index in [0.29, 0.717) is 32.5 Å². The molecule has 126 valence electrons. The van der Waals surface area contributed by atoms with Crippen LogP contribution in [0.4, 0.5) is 5.69 Å². The maximum absolute atomic E-state index is 12.7. The molecule has 0 spiro atoms. The van der Waals surface area contributed by atoms with Crippen molar-refractivity contribution in [3.63, 3.8) is 0 Å². The Balaban J connectivity index is 1.62. The molecule has 2 fully saturated rings. The highest BCUT2D eigenvalue weighted by atomic mass is 16.5. The molecule has 1 unspecified atom stereocenters. The zero-order chi connectivity index (χ0) is 16.2. The van der Waals surface area contributed by atoms with Crippen LogP contribution in [-0.4, -0.2) is 67.9 Å². The molecule has 2 heterocycles. The molecule has 0 saturated carbocycles. The first-order valence-electron chi connectivity index (χ1n) is 8.26. The van der Waals surface area contributed by atoms with Gasteiger partial charge in [0.05, 0.1) is 13.2 Å². The van der Waals surface area contributed by atoms with Crippen molar-refractivity contribution < 1.29 is 14.6 Å². The van der Waals surface area contributed by atoms with Crippen LogP contribution in [0.15, 0.2) is 24.3 Å². The molecule has 23 heavy (non-hydrogen) atoms. The van der Waals surface area contributed by atoms with Gasteiger partial charge >= 0.3 is 0 Å². The Hall–Kier alpha value is -1.79. The highest BCUT2D eigenvalue weighted by molar-refractivity contribution is 5.83. The third-order valence-corrected chi connectivity index (χ3v) is 4.69. The summed E-state index contributed by atoms with van der Waals surface area (Å²) >= 11 is 0. The van der Waals surface area contributed by atoms with Gasteiger partial charge in [-0.15, -0.1) is 0 Å². The third-order valence-electron chi connectivity index (χ3n) is 4.69. The second kappa shape index (κ2) is 7.19. The summed E-state index contributed by atoms with van der Waals surface area (Å²) in [5, 5.41) is 12.9. The van der Waals surface area contributed by atoms with Gasteiger partial charge in [0.15, 0.2) is 0 Å². The van der Waals surface area contributed by atoms with Gasteiger partial charge in [-0.2, -0.15) is 0 Å². The molecule has 1 aromatic carbocycles. The summed E-state index contributed by atoms with van der Waals surface area (Å²) in [6, 6.07) is 7.77. The van der Waals surface area contributed by atoms with Gasteiger partial charge in [-0.05, 0) is 37.1 Å². The van der Waals surface area contributed by atoms with Crippen LogP contribution >= 0.6 is 0 Å². The van der Waals surface area contributed by atoms with E-state index in [1.54, 1.807) is 7.11 Å². The number of nitrogens with one attached hydrogen (secondary N) is 1. The van der Waals surface area contributed by atoms with E-state index in [2.05, 4.69) is 10.2 Å². The van der Waals surface area contributed by atoms with Crippen LogP contribution in [0.3, 0.4) is 0 Å². The maximum atomic E-state index is 12.7. The average molecular weight is 319 g/mol. The second-order valence-corrected chi connectivity index (χ2v) is 6.21. The number of hydrogen-bond donors (Lipinski definition) is 2. The predicted octanol–water partition coefficient (Wildman–Crippen LogP) is 0.457. The van der Waals surface area contributed by atoms with Crippen molar-refractivity contribution in [3.05, 3.63) is 24.3 Å². The molecule has 1 amide bonds. The van der Waals surface area contributed by atoms with E-state index >= 15 is 0 Å². The van der Waals surface area contributed by atoms with E-state index in [1.165, 1.54) is 0 Å². The van der Waals surface area contributed by atoms with E-state index in [1.807, 2.05) is 29.2 Å². The minimum atomic E-state index is -0.255. The lowest BCUT2D eigenvalue weighted by Gasteiger charge is -2.38. The maximum Gasteiger partial charge on any atom is 0.241 e. The number of hydrogen-bond acceptors (Lipinski definition) is 5. The van der Waals surface area contributed by atoms with Crippen molar-refractivity contribution in [1.29, 1.82) is 0 Å². The van der Waals surface area contributed by atoms with Gasteiger partial charge in [-0.1, -0.05) is 0 Å². The van der Waals surface area contributed by atoms with E-state index < -0.39 is 0 Å². The van der Waals surface area contributed by atoms with Crippen LogP contribution in [0.1, 0.15) is 12.8 Å². The summed E-state index contributed by atoms with van der Waals surface area (Å²) in [5.41, 5.74) is 1.11. The van der Waals surface area contributed by atoms with E-state index in [9.17, 15) is 9.90 Å². The van der Waals surface area contributed by atoms with Crippen LogP contribution < -0.4 is 15.0 Å². The first-order valence-corrected chi connectivity index (χ1v) is 8.26. The summed E-state index contributed by atoms with van der Waals surface area (Å²) in [6.07, 6.45) is 1.11. The zero-order valence-electron chi connectivity index (χ0n) is 13.6. The van der Waals surface area contributed by atoms with Crippen LogP contribution in [0.2, 0.25) is 0 Å². The Morgan fingerprint density at radius 1 is 1.22 bits per heavy atom. The number of aliphatic hydroxyl groups is 1. The van der Waals surface area contributed by atoms with Gasteiger partial charge in [-0.25, -0.2) is 0 Å². The number of amides is 1. The topological polar surface area (TPSA) is 65.0 Å². The Bertz CT molecular complexity index is 526. The molecule has 0 aliphatic carbocycles.